The predicted molar refractivity (Wildman–Crippen MR) is 109 cm³/mol. The fourth-order valence-electron chi connectivity index (χ4n) is 2.46. The molecule has 28 heavy (non-hydrogen) atoms. The number of halogens is 1. The summed E-state index contributed by atoms with van der Waals surface area (Å²) in [6, 6.07) is 11.0. The average molecular weight is 428 g/mol. The molecule has 0 bridgehead atoms. The van der Waals surface area contributed by atoms with Crippen molar-refractivity contribution >= 4 is 51.6 Å². The van der Waals surface area contributed by atoms with Gasteiger partial charge in [0.05, 0.1) is 5.75 Å². The van der Waals surface area contributed by atoms with Gasteiger partial charge in [-0.3, -0.25) is 10.5 Å². The lowest BCUT2D eigenvalue weighted by Crippen LogP contribution is -2.21. The minimum absolute atomic E-state index is 0.0259. The van der Waals surface area contributed by atoms with Crippen molar-refractivity contribution in [3.63, 3.8) is 0 Å². The van der Waals surface area contributed by atoms with Crippen LogP contribution in [0.2, 0.25) is 5.02 Å². The van der Waals surface area contributed by atoms with Gasteiger partial charge in [0.25, 0.3) is 5.82 Å². The number of benzene rings is 1. The third-order valence-electron chi connectivity index (χ3n) is 3.64. The largest absolute Gasteiger partial charge is 0.301 e. The van der Waals surface area contributed by atoms with E-state index in [2.05, 4.69) is 21.4 Å². The number of nitriles is 2. The van der Waals surface area contributed by atoms with Crippen LogP contribution in [0.25, 0.3) is 11.1 Å². The van der Waals surface area contributed by atoms with Gasteiger partial charge in [-0.05, 0) is 6.07 Å². The first-order chi connectivity index (χ1) is 13.5. The Bertz CT molecular complexity index is 1120. The predicted octanol–water partition coefficient (Wildman–Crippen LogP) is 3.33. The first-order valence-electron chi connectivity index (χ1n) is 7.81. The first-order valence-corrected chi connectivity index (χ1v) is 10.1. The van der Waals surface area contributed by atoms with Gasteiger partial charge in [0.15, 0.2) is 10.2 Å². The van der Waals surface area contributed by atoms with Crippen LogP contribution in [0.4, 0.5) is 10.9 Å². The number of carbonyl (C=O) groups excluding carboxylic acids is 1. The van der Waals surface area contributed by atoms with Crippen LogP contribution in [0.3, 0.4) is 0 Å². The highest BCUT2D eigenvalue weighted by molar-refractivity contribution is 7.99. The highest BCUT2D eigenvalue weighted by atomic mass is 35.5. The molecule has 7 nitrogen and oxygen atoms in total. The zero-order valence-electron chi connectivity index (χ0n) is 14.2. The molecule has 2 heterocycles. The van der Waals surface area contributed by atoms with Gasteiger partial charge in [-0.25, -0.2) is 9.97 Å². The molecule has 3 aromatic rings. The number of hydrogen-bond donors (Lipinski definition) is 2. The third kappa shape index (κ3) is 4.07. The van der Waals surface area contributed by atoms with Crippen LogP contribution in [0.1, 0.15) is 11.1 Å². The molecule has 0 radical (unpaired) electrons. The highest BCUT2D eigenvalue weighted by Gasteiger charge is 2.25. The second-order valence-corrected chi connectivity index (χ2v) is 7.66. The van der Waals surface area contributed by atoms with E-state index in [1.165, 1.54) is 11.3 Å². The van der Waals surface area contributed by atoms with Gasteiger partial charge in [-0.15, -0.1) is 11.3 Å². The molecule has 1 aromatic carbocycles. The third-order valence-corrected chi connectivity index (χ3v) is 5.66. The smallest absolute Gasteiger partial charge is 0.289 e. The number of thiazole rings is 1. The Labute approximate surface area is 173 Å². The van der Waals surface area contributed by atoms with Crippen molar-refractivity contribution < 1.29 is 9.78 Å². The minimum Gasteiger partial charge on any atom is -0.301 e. The summed E-state index contributed by atoms with van der Waals surface area (Å²) in [5.41, 5.74) is 7.20. The fourth-order valence-corrected chi connectivity index (χ4v) is 4.06. The molecule has 138 valence electrons. The second kappa shape index (κ2) is 8.72. The number of nitrogen functional groups attached to an aromatic ring is 1. The van der Waals surface area contributed by atoms with Gasteiger partial charge < -0.3 is 5.32 Å². The molecule has 0 aliphatic rings. The normalized spacial score (nSPS) is 10.1. The van der Waals surface area contributed by atoms with Crippen molar-refractivity contribution in [1.29, 1.82) is 10.5 Å². The number of carbonyl (C=O) groups is 1. The molecule has 0 unspecified atom stereocenters. The lowest BCUT2D eigenvalue weighted by atomic mass is 9.97. The van der Waals surface area contributed by atoms with E-state index < -0.39 is 0 Å². The van der Waals surface area contributed by atoms with Crippen molar-refractivity contribution in [2.75, 3.05) is 16.8 Å². The number of nitrogens with two attached hydrogens (primary N) is 1. The van der Waals surface area contributed by atoms with Crippen LogP contribution < -0.4 is 16.0 Å². The molecule has 4 N–H and O–H groups in total. The topological polar surface area (TPSA) is 130 Å². The summed E-state index contributed by atoms with van der Waals surface area (Å²) in [5, 5.41) is 25.0. The van der Waals surface area contributed by atoms with Crippen molar-refractivity contribution in [2.24, 2.45) is 0 Å². The standard InChI is InChI=1S/C18H11ClN6OS2/c19-13-4-2-1-3-10(13)15-11(7-20)16(22)25-17(12(15)8-21)28-9-14(26)24-18-23-5-6-27-18/h1-6H,9H2,(H2,22,25)(H,23,24,26)/p+1. The summed E-state index contributed by atoms with van der Waals surface area (Å²) < 4.78 is 0. The monoisotopic (exact) mass is 427 g/mol. The molecule has 0 aliphatic heterocycles. The van der Waals surface area contributed by atoms with E-state index in [9.17, 15) is 15.3 Å². The summed E-state index contributed by atoms with van der Waals surface area (Å²) in [6.45, 7) is 0. The summed E-state index contributed by atoms with van der Waals surface area (Å²) in [4.78, 5) is 19.0. The van der Waals surface area contributed by atoms with Crippen LogP contribution in [0.5, 0.6) is 0 Å². The number of nitrogens with zero attached hydrogens (tertiary/aromatic N) is 3. The number of aromatic amines is 1. The Kier molecular flexibility index (Phi) is 6.12. The second-order valence-electron chi connectivity index (χ2n) is 5.37. The number of hydrogen-bond acceptors (Lipinski definition) is 7. The molecule has 0 atom stereocenters. The minimum atomic E-state index is -0.278. The molecule has 0 saturated carbocycles. The first kappa shape index (κ1) is 19.6. The number of pyridine rings is 1. The number of thioether (sulfide) groups is 1. The van der Waals surface area contributed by atoms with E-state index in [0.717, 1.165) is 11.8 Å². The molecule has 3 rings (SSSR count). The maximum atomic E-state index is 12.1. The zero-order chi connectivity index (χ0) is 20.1. The molecular weight excluding hydrogens is 416 g/mol. The Morgan fingerprint density at radius 1 is 1.32 bits per heavy atom. The number of amides is 1. The van der Waals surface area contributed by atoms with Crippen LogP contribution in [0, 0.1) is 22.7 Å². The van der Waals surface area contributed by atoms with Gasteiger partial charge >= 0.3 is 0 Å². The van der Waals surface area contributed by atoms with Gasteiger partial charge in [-0.2, -0.15) is 10.5 Å². The van der Waals surface area contributed by atoms with Crippen molar-refractivity contribution in [1.82, 2.24) is 4.98 Å². The van der Waals surface area contributed by atoms with E-state index in [1.54, 1.807) is 35.8 Å². The van der Waals surface area contributed by atoms with Gasteiger partial charge in [0.1, 0.15) is 23.3 Å². The van der Waals surface area contributed by atoms with Crippen LogP contribution >= 0.6 is 34.7 Å². The molecule has 0 fully saturated rings. The summed E-state index contributed by atoms with van der Waals surface area (Å²) in [7, 11) is 0. The van der Waals surface area contributed by atoms with Crippen molar-refractivity contribution in [3.05, 3.63) is 52.0 Å². The Morgan fingerprint density at radius 3 is 2.71 bits per heavy atom. The molecule has 1 amide bonds. The average Bonchev–Trinajstić information content (AvgIpc) is 3.19. The van der Waals surface area contributed by atoms with Gasteiger partial charge in [0.2, 0.25) is 5.91 Å². The van der Waals surface area contributed by atoms with E-state index in [0.29, 0.717) is 26.3 Å². The van der Waals surface area contributed by atoms with Crippen molar-refractivity contribution in [2.45, 2.75) is 5.03 Å². The van der Waals surface area contributed by atoms with E-state index in [-0.39, 0.29) is 28.6 Å². The van der Waals surface area contributed by atoms with Crippen LogP contribution in [-0.2, 0) is 4.79 Å². The van der Waals surface area contributed by atoms with Gasteiger partial charge in [0, 0.05) is 27.7 Å². The van der Waals surface area contributed by atoms with Crippen LogP contribution in [0.15, 0.2) is 40.9 Å². The number of H-pyrrole nitrogens is 1. The Hall–Kier alpha value is -3.11. The summed E-state index contributed by atoms with van der Waals surface area (Å²) in [6.07, 6.45) is 1.59. The molecule has 0 spiro atoms. The maximum absolute atomic E-state index is 12.1. The number of rotatable bonds is 5. The van der Waals surface area contributed by atoms with E-state index in [1.807, 2.05) is 6.07 Å². The Morgan fingerprint density at radius 2 is 2.07 bits per heavy atom. The molecular formula is C18H12ClN6OS2+. The quantitative estimate of drug-likeness (QED) is 0.600. The maximum Gasteiger partial charge on any atom is 0.289 e. The summed E-state index contributed by atoms with van der Waals surface area (Å²) in [5.74, 6) is -0.156. The van der Waals surface area contributed by atoms with Gasteiger partial charge in [-0.1, -0.05) is 41.6 Å². The Balaban J connectivity index is 1.99. The van der Waals surface area contributed by atoms with E-state index in [4.69, 9.17) is 17.3 Å². The highest BCUT2D eigenvalue weighted by Crippen LogP contribution is 2.37. The number of nitrogens with one attached hydrogen (secondary N) is 2. The lowest BCUT2D eigenvalue weighted by molar-refractivity contribution is -0.410. The number of aromatic nitrogens is 2. The molecule has 0 aliphatic carbocycles. The number of anilines is 2. The van der Waals surface area contributed by atoms with Crippen LogP contribution in [-0.4, -0.2) is 16.6 Å². The SMILES string of the molecule is N#Cc1c(N)[nH+]c(SCC(=O)Nc2nccs2)c(C#N)c1-c1ccccc1Cl. The summed E-state index contributed by atoms with van der Waals surface area (Å²) >= 11 is 8.69. The van der Waals surface area contributed by atoms with E-state index >= 15 is 0 Å². The fraction of sp³-hybridized carbons (Fsp3) is 0.0556. The lowest BCUT2D eigenvalue weighted by Gasteiger charge is -2.11. The molecule has 0 saturated heterocycles. The van der Waals surface area contributed by atoms with Crippen molar-refractivity contribution in [3.8, 4) is 23.3 Å². The zero-order valence-corrected chi connectivity index (χ0v) is 16.6. The molecule has 2 aromatic heterocycles. The molecule has 10 heteroatoms.